The van der Waals surface area contributed by atoms with Crippen molar-refractivity contribution in [3.63, 3.8) is 0 Å². The van der Waals surface area contributed by atoms with Gasteiger partial charge < -0.3 is 10.7 Å². The van der Waals surface area contributed by atoms with Gasteiger partial charge in [0.15, 0.2) is 5.95 Å². The first kappa shape index (κ1) is 9.30. The molecule has 2 rings (SSSR count). The van der Waals surface area contributed by atoms with Gasteiger partial charge in [-0.3, -0.25) is 0 Å². The van der Waals surface area contributed by atoms with Crippen molar-refractivity contribution in [2.24, 2.45) is 0 Å². The molecule has 0 bridgehead atoms. The number of nitrogens with one attached hydrogen (secondary N) is 1. The molecule has 0 aliphatic heterocycles. The van der Waals surface area contributed by atoms with Gasteiger partial charge in [0.05, 0.1) is 11.9 Å². The molecule has 2 aromatic heterocycles. The molecule has 3 N–H and O–H groups in total. The summed E-state index contributed by atoms with van der Waals surface area (Å²) < 4.78 is 0. The standard InChI is InChI=1S/C8H6Cl2N4/c9-6-1-4(2-7(10)14-6)5-3-12-8(11)13-5/h1-3H,(H3,11,12,13). The summed E-state index contributed by atoms with van der Waals surface area (Å²) >= 11 is 11.5. The fraction of sp³-hybridized carbons (Fsp3) is 0. The van der Waals surface area contributed by atoms with Crippen LogP contribution in [0.1, 0.15) is 0 Å². The Bertz CT molecular complexity index is 446. The molecule has 2 aromatic rings. The molecular weight excluding hydrogens is 223 g/mol. The fourth-order valence-corrected chi connectivity index (χ4v) is 1.56. The van der Waals surface area contributed by atoms with Crippen LogP contribution < -0.4 is 5.73 Å². The normalized spacial score (nSPS) is 10.4. The number of H-pyrrole nitrogens is 1. The Balaban J connectivity index is 2.51. The first-order valence-electron chi connectivity index (χ1n) is 3.79. The number of halogens is 2. The van der Waals surface area contributed by atoms with E-state index in [0.29, 0.717) is 16.3 Å². The molecule has 0 spiro atoms. The molecule has 0 fully saturated rings. The zero-order valence-corrected chi connectivity index (χ0v) is 8.47. The second-order valence-corrected chi connectivity index (χ2v) is 3.46. The van der Waals surface area contributed by atoms with E-state index in [4.69, 9.17) is 28.9 Å². The predicted octanol–water partition coefficient (Wildman–Crippen LogP) is 2.36. The number of hydrogen-bond acceptors (Lipinski definition) is 3. The Morgan fingerprint density at radius 1 is 1.21 bits per heavy atom. The Labute approximate surface area is 90.1 Å². The number of nitrogens with zero attached hydrogens (tertiary/aromatic N) is 2. The molecule has 0 aliphatic rings. The average Bonchev–Trinajstić information content (AvgIpc) is 2.50. The molecule has 14 heavy (non-hydrogen) atoms. The van der Waals surface area contributed by atoms with Crippen molar-refractivity contribution in [2.45, 2.75) is 0 Å². The van der Waals surface area contributed by atoms with Crippen LogP contribution in [0, 0.1) is 0 Å². The lowest BCUT2D eigenvalue weighted by atomic mass is 10.2. The maximum Gasteiger partial charge on any atom is 0.197 e. The van der Waals surface area contributed by atoms with Crippen LogP contribution in [0.3, 0.4) is 0 Å². The van der Waals surface area contributed by atoms with Crippen molar-refractivity contribution in [1.82, 2.24) is 15.0 Å². The molecule has 6 heteroatoms. The highest BCUT2D eigenvalue weighted by Crippen LogP contribution is 2.23. The molecule has 0 aliphatic carbocycles. The lowest BCUT2D eigenvalue weighted by Crippen LogP contribution is -1.86. The SMILES string of the molecule is Nc1ncc(-c2cc(Cl)nc(Cl)c2)[nH]1. The molecule has 0 saturated heterocycles. The van der Waals surface area contributed by atoms with Crippen LogP contribution in [0.15, 0.2) is 18.3 Å². The van der Waals surface area contributed by atoms with E-state index in [9.17, 15) is 0 Å². The van der Waals surface area contributed by atoms with Gasteiger partial charge in [0, 0.05) is 5.56 Å². The first-order chi connectivity index (χ1) is 6.65. The summed E-state index contributed by atoms with van der Waals surface area (Å²) in [5.41, 5.74) is 7.01. The van der Waals surface area contributed by atoms with Crippen molar-refractivity contribution in [3.8, 4) is 11.3 Å². The van der Waals surface area contributed by atoms with Crippen LogP contribution in [0.2, 0.25) is 10.3 Å². The van der Waals surface area contributed by atoms with E-state index in [1.807, 2.05) is 0 Å². The van der Waals surface area contributed by atoms with Crippen molar-refractivity contribution in [3.05, 3.63) is 28.6 Å². The van der Waals surface area contributed by atoms with Crippen LogP contribution in [-0.4, -0.2) is 15.0 Å². The third-order valence-electron chi connectivity index (χ3n) is 1.67. The maximum atomic E-state index is 5.75. The van der Waals surface area contributed by atoms with Gasteiger partial charge in [0.2, 0.25) is 0 Å². The van der Waals surface area contributed by atoms with Crippen LogP contribution in [0.5, 0.6) is 0 Å². The minimum Gasteiger partial charge on any atom is -0.369 e. The zero-order valence-electron chi connectivity index (χ0n) is 6.96. The third-order valence-corrected chi connectivity index (χ3v) is 2.06. The van der Waals surface area contributed by atoms with Gasteiger partial charge in [-0.1, -0.05) is 23.2 Å². The number of anilines is 1. The smallest absolute Gasteiger partial charge is 0.197 e. The van der Waals surface area contributed by atoms with E-state index in [1.165, 1.54) is 0 Å². The van der Waals surface area contributed by atoms with E-state index in [-0.39, 0.29) is 0 Å². The van der Waals surface area contributed by atoms with Crippen LogP contribution >= 0.6 is 23.2 Å². The number of nitrogens with two attached hydrogens (primary N) is 1. The average molecular weight is 229 g/mol. The van der Waals surface area contributed by atoms with E-state index in [0.717, 1.165) is 11.3 Å². The molecular formula is C8H6Cl2N4. The molecule has 0 unspecified atom stereocenters. The Kier molecular flexibility index (Phi) is 2.31. The first-order valence-corrected chi connectivity index (χ1v) is 4.54. The predicted molar refractivity (Wildman–Crippen MR) is 56.3 cm³/mol. The fourth-order valence-electron chi connectivity index (χ4n) is 1.10. The van der Waals surface area contributed by atoms with Gasteiger partial charge in [-0.25, -0.2) is 9.97 Å². The summed E-state index contributed by atoms with van der Waals surface area (Å²) in [5.74, 6) is 0.351. The number of hydrogen-bond donors (Lipinski definition) is 2. The number of nitrogen functional groups attached to an aromatic ring is 1. The molecule has 0 radical (unpaired) electrons. The minimum absolute atomic E-state index is 0.334. The minimum atomic E-state index is 0.334. The molecule has 0 atom stereocenters. The largest absolute Gasteiger partial charge is 0.369 e. The van der Waals surface area contributed by atoms with Crippen molar-refractivity contribution >= 4 is 29.2 Å². The maximum absolute atomic E-state index is 5.75. The van der Waals surface area contributed by atoms with Gasteiger partial charge in [-0.05, 0) is 12.1 Å². The Morgan fingerprint density at radius 2 is 1.86 bits per heavy atom. The molecule has 2 heterocycles. The third kappa shape index (κ3) is 1.81. The number of rotatable bonds is 1. The summed E-state index contributed by atoms with van der Waals surface area (Å²) in [5, 5.41) is 0.668. The van der Waals surface area contributed by atoms with Gasteiger partial charge in [-0.2, -0.15) is 0 Å². The van der Waals surface area contributed by atoms with Crippen molar-refractivity contribution in [2.75, 3.05) is 5.73 Å². The van der Waals surface area contributed by atoms with Crippen molar-refractivity contribution in [1.29, 1.82) is 0 Å². The van der Waals surface area contributed by atoms with E-state index < -0.39 is 0 Å². The second kappa shape index (κ2) is 3.48. The molecule has 0 amide bonds. The number of pyridine rings is 1. The number of imidazole rings is 1. The van der Waals surface area contributed by atoms with E-state index in [1.54, 1.807) is 18.3 Å². The zero-order chi connectivity index (χ0) is 10.1. The highest BCUT2D eigenvalue weighted by Gasteiger charge is 2.04. The lowest BCUT2D eigenvalue weighted by molar-refractivity contribution is 1.30. The Hall–Kier alpha value is -1.26. The van der Waals surface area contributed by atoms with Gasteiger partial charge in [0.25, 0.3) is 0 Å². The summed E-state index contributed by atoms with van der Waals surface area (Å²) in [6, 6.07) is 3.36. The Morgan fingerprint density at radius 3 is 2.36 bits per heavy atom. The van der Waals surface area contributed by atoms with Crippen LogP contribution in [0.25, 0.3) is 11.3 Å². The van der Waals surface area contributed by atoms with Gasteiger partial charge in [-0.15, -0.1) is 0 Å². The summed E-state index contributed by atoms with van der Waals surface area (Å²) in [7, 11) is 0. The molecule has 0 aromatic carbocycles. The highest BCUT2D eigenvalue weighted by atomic mass is 35.5. The molecule has 72 valence electrons. The van der Waals surface area contributed by atoms with Crippen molar-refractivity contribution < 1.29 is 0 Å². The second-order valence-electron chi connectivity index (χ2n) is 2.68. The van der Waals surface area contributed by atoms with E-state index >= 15 is 0 Å². The summed E-state index contributed by atoms with van der Waals surface area (Å²) in [6.45, 7) is 0. The van der Waals surface area contributed by atoms with E-state index in [2.05, 4.69) is 15.0 Å². The number of aromatic nitrogens is 3. The number of aromatic amines is 1. The summed E-state index contributed by atoms with van der Waals surface area (Å²) in [6.07, 6.45) is 1.61. The molecule has 0 saturated carbocycles. The lowest BCUT2D eigenvalue weighted by Gasteiger charge is -1.98. The quantitative estimate of drug-likeness (QED) is 0.737. The van der Waals surface area contributed by atoms with Crippen LogP contribution in [-0.2, 0) is 0 Å². The molecule has 4 nitrogen and oxygen atoms in total. The monoisotopic (exact) mass is 228 g/mol. The topological polar surface area (TPSA) is 67.6 Å². The van der Waals surface area contributed by atoms with Gasteiger partial charge in [0.1, 0.15) is 10.3 Å². The summed E-state index contributed by atoms with van der Waals surface area (Å²) in [4.78, 5) is 10.6. The van der Waals surface area contributed by atoms with Crippen LogP contribution in [0.4, 0.5) is 5.95 Å². The highest BCUT2D eigenvalue weighted by molar-refractivity contribution is 6.32. The van der Waals surface area contributed by atoms with Gasteiger partial charge >= 0.3 is 0 Å².